The quantitative estimate of drug-likeness (QED) is 0.651. The Balaban J connectivity index is 0.887. The SMILES string of the molecule is Cc1cc(F)c(F)cc1OC1CC2CN(C(=O)N3CC4(CC(n5cnc(C6CC6)n5)C4)C3)CC2C1. The zero-order valence-electron chi connectivity index (χ0n) is 20.0. The minimum absolute atomic E-state index is 0.0118. The van der Waals surface area contributed by atoms with E-state index in [0.29, 0.717) is 35.1 Å². The second-order valence-electron chi connectivity index (χ2n) is 11.7. The van der Waals surface area contributed by atoms with E-state index in [2.05, 4.69) is 10.1 Å². The van der Waals surface area contributed by atoms with Gasteiger partial charge >= 0.3 is 6.03 Å². The van der Waals surface area contributed by atoms with Crippen molar-refractivity contribution in [2.75, 3.05) is 26.2 Å². The largest absolute Gasteiger partial charge is 0.490 e. The van der Waals surface area contributed by atoms with Crippen LogP contribution in [0.3, 0.4) is 0 Å². The highest BCUT2D eigenvalue weighted by Gasteiger charge is 2.56. The number of likely N-dealkylation sites (tertiary alicyclic amines) is 2. The first kappa shape index (κ1) is 21.6. The Morgan fingerprint density at radius 3 is 2.43 bits per heavy atom. The minimum atomic E-state index is -0.880. The van der Waals surface area contributed by atoms with Crippen molar-refractivity contribution in [1.29, 1.82) is 0 Å². The molecule has 3 aliphatic carbocycles. The van der Waals surface area contributed by atoms with E-state index in [1.54, 1.807) is 6.92 Å². The van der Waals surface area contributed by atoms with E-state index in [1.807, 2.05) is 20.8 Å². The number of aromatic nitrogens is 3. The molecule has 0 N–H and O–H groups in total. The van der Waals surface area contributed by atoms with Crippen LogP contribution in [0.1, 0.15) is 61.9 Å². The zero-order valence-corrected chi connectivity index (χ0v) is 20.0. The number of aryl methyl sites for hydroxylation is 1. The molecule has 2 atom stereocenters. The molecule has 1 aromatic carbocycles. The van der Waals surface area contributed by atoms with Crippen molar-refractivity contribution in [3.05, 3.63) is 41.5 Å². The zero-order chi connectivity index (χ0) is 23.9. The number of urea groups is 1. The van der Waals surface area contributed by atoms with Crippen LogP contribution in [0.4, 0.5) is 13.6 Å². The fourth-order valence-corrected chi connectivity index (χ4v) is 6.91. The van der Waals surface area contributed by atoms with E-state index in [1.165, 1.54) is 18.9 Å². The molecular formula is C26H31F2N5O2. The van der Waals surface area contributed by atoms with Crippen molar-refractivity contribution in [2.45, 2.75) is 63.5 Å². The summed E-state index contributed by atoms with van der Waals surface area (Å²) >= 11 is 0. The number of ether oxygens (including phenoxy) is 1. The number of halogens is 2. The first-order valence-corrected chi connectivity index (χ1v) is 12.9. The Morgan fingerprint density at radius 2 is 1.74 bits per heavy atom. The van der Waals surface area contributed by atoms with Crippen LogP contribution in [0.15, 0.2) is 18.5 Å². The molecule has 1 spiro atoms. The molecule has 7 nitrogen and oxygen atoms in total. The van der Waals surface area contributed by atoms with Crippen molar-refractivity contribution >= 4 is 6.03 Å². The number of fused-ring (bicyclic) bond motifs is 1. The lowest BCUT2D eigenvalue weighted by atomic mass is 9.61. The molecule has 9 heteroatoms. The van der Waals surface area contributed by atoms with E-state index in [-0.39, 0.29) is 17.6 Å². The molecule has 2 amide bonds. The van der Waals surface area contributed by atoms with Crippen LogP contribution in [0.2, 0.25) is 0 Å². The Morgan fingerprint density at radius 1 is 1.06 bits per heavy atom. The van der Waals surface area contributed by atoms with E-state index in [9.17, 15) is 13.6 Å². The second-order valence-corrected chi connectivity index (χ2v) is 11.7. The summed E-state index contributed by atoms with van der Waals surface area (Å²) < 4.78 is 35.1. The highest BCUT2D eigenvalue weighted by molar-refractivity contribution is 5.76. The molecule has 35 heavy (non-hydrogen) atoms. The van der Waals surface area contributed by atoms with Gasteiger partial charge in [0.15, 0.2) is 17.5 Å². The number of nitrogens with zero attached hydrogens (tertiary/aromatic N) is 5. The molecule has 2 aromatic rings. The summed E-state index contributed by atoms with van der Waals surface area (Å²) in [5.74, 6) is 1.09. The number of carbonyl (C=O) groups is 1. The average molecular weight is 484 g/mol. The molecule has 186 valence electrons. The first-order valence-electron chi connectivity index (χ1n) is 12.9. The van der Waals surface area contributed by atoms with Crippen LogP contribution < -0.4 is 4.74 Å². The summed E-state index contributed by atoms with van der Waals surface area (Å²) in [7, 11) is 0. The van der Waals surface area contributed by atoms with E-state index < -0.39 is 11.6 Å². The van der Waals surface area contributed by atoms with Crippen molar-refractivity contribution in [1.82, 2.24) is 24.6 Å². The van der Waals surface area contributed by atoms with Gasteiger partial charge in [0.05, 0.1) is 12.1 Å². The predicted molar refractivity (Wildman–Crippen MR) is 123 cm³/mol. The average Bonchev–Trinajstić information content (AvgIpc) is 3.18. The van der Waals surface area contributed by atoms with Gasteiger partial charge in [-0.2, -0.15) is 5.10 Å². The third-order valence-corrected chi connectivity index (χ3v) is 8.99. The van der Waals surface area contributed by atoms with Gasteiger partial charge in [-0.1, -0.05) is 0 Å². The standard InChI is InChI=1S/C26H31F2N5O2/c1-15-4-21(27)22(28)7-23(15)35-20-5-17-10-31(11-18(17)6-20)25(34)32-12-26(13-32)8-19(9-26)33-14-29-24(30-33)16-2-3-16/h4,7,14,16-20H,2-3,5-6,8-13H2,1H3. The topological polar surface area (TPSA) is 63.5 Å². The van der Waals surface area contributed by atoms with Crippen LogP contribution >= 0.6 is 0 Å². The highest BCUT2D eigenvalue weighted by atomic mass is 19.2. The number of hydrogen-bond donors (Lipinski definition) is 0. The summed E-state index contributed by atoms with van der Waals surface area (Å²) in [6.45, 7) is 4.94. The Hall–Kier alpha value is -2.71. The van der Waals surface area contributed by atoms with Gasteiger partial charge in [0.1, 0.15) is 12.1 Å². The fourth-order valence-electron chi connectivity index (χ4n) is 6.91. The molecule has 3 saturated carbocycles. The monoisotopic (exact) mass is 483 g/mol. The van der Waals surface area contributed by atoms with Crippen molar-refractivity contribution < 1.29 is 18.3 Å². The van der Waals surface area contributed by atoms with Crippen LogP contribution in [0.5, 0.6) is 5.75 Å². The molecule has 3 heterocycles. The normalized spacial score (nSPS) is 29.3. The molecular weight excluding hydrogens is 452 g/mol. The molecule has 5 aliphatic rings. The smallest absolute Gasteiger partial charge is 0.320 e. The van der Waals surface area contributed by atoms with Gasteiger partial charge in [-0.05, 0) is 68.9 Å². The van der Waals surface area contributed by atoms with Crippen molar-refractivity contribution in [3.8, 4) is 5.75 Å². The van der Waals surface area contributed by atoms with Crippen LogP contribution in [0, 0.1) is 35.8 Å². The third kappa shape index (κ3) is 3.69. The van der Waals surface area contributed by atoms with Gasteiger partial charge in [-0.25, -0.2) is 23.2 Å². The number of carbonyl (C=O) groups excluding carboxylic acids is 1. The summed E-state index contributed by atoms with van der Waals surface area (Å²) in [5, 5.41) is 4.68. The summed E-state index contributed by atoms with van der Waals surface area (Å²) in [6.07, 6.45) is 8.17. The second kappa shape index (κ2) is 7.64. The fraction of sp³-hybridized carbons (Fsp3) is 0.654. The Labute approximate surface area is 203 Å². The van der Waals surface area contributed by atoms with Gasteiger partial charge < -0.3 is 14.5 Å². The van der Waals surface area contributed by atoms with Crippen molar-refractivity contribution in [2.24, 2.45) is 17.3 Å². The highest BCUT2D eigenvalue weighted by Crippen LogP contribution is 2.54. The Bertz CT molecular complexity index is 1150. The predicted octanol–water partition coefficient (Wildman–Crippen LogP) is 4.29. The molecule has 2 unspecified atom stereocenters. The van der Waals surface area contributed by atoms with E-state index >= 15 is 0 Å². The number of benzene rings is 1. The number of amides is 2. The molecule has 1 aromatic heterocycles. The lowest BCUT2D eigenvalue weighted by Gasteiger charge is -2.59. The maximum atomic E-state index is 13.6. The first-order chi connectivity index (χ1) is 16.9. The third-order valence-electron chi connectivity index (χ3n) is 8.99. The lowest BCUT2D eigenvalue weighted by molar-refractivity contribution is -0.0735. The van der Waals surface area contributed by atoms with Gasteiger partial charge in [-0.15, -0.1) is 0 Å². The maximum absolute atomic E-state index is 13.6. The Kier molecular flexibility index (Phi) is 4.71. The summed E-state index contributed by atoms with van der Waals surface area (Å²) in [5.41, 5.74) is 0.873. The molecule has 7 rings (SSSR count). The van der Waals surface area contributed by atoms with Gasteiger partial charge in [0.25, 0.3) is 0 Å². The van der Waals surface area contributed by atoms with Gasteiger partial charge in [0, 0.05) is 43.6 Å². The maximum Gasteiger partial charge on any atom is 0.320 e. The van der Waals surface area contributed by atoms with Crippen LogP contribution in [-0.4, -0.2) is 62.9 Å². The summed E-state index contributed by atoms with van der Waals surface area (Å²) in [6, 6.07) is 2.92. The van der Waals surface area contributed by atoms with Gasteiger partial charge in [-0.3, -0.25) is 0 Å². The van der Waals surface area contributed by atoms with E-state index in [0.717, 1.165) is 63.8 Å². The van der Waals surface area contributed by atoms with Gasteiger partial charge in [0.2, 0.25) is 0 Å². The summed E-state index contributed by atoms with van der Waals surface area (Å²) in [4.78, 5) is 21.6. The molecule has 5 fully saturated rings. The van der Waals surface area contributed by atoms with Crippen LogP contribution in [-0.2, 0) is 0 Å². The minimum Gasteiger partial charge on any atom is -0.490 e. The number of rotatable bonds is 4. The lowest BCUT2D eigenvalue weighted by Crippen LogP contribution is -2.65. The van der Waals surface area contributed by atoms with E-state index in [4.69, 9.17) is 4.74 Å². The molecule has 2 saturated heterocycles. The molecule has 0 radical (unpaired) electrons. The van der Waals surface area contributed by atoms with Crippen molar-refractivity contribution in [3.63, 3.8) is 0 Å². The number of hydrogen-bond acceptors (Lipinski definition) is 4. The molecule has 0 bridgehead atoms. The molecule has 2 aliphatic heterocycles. The van der Waals surface area contributed by atoms with Crippen LogP contribution in [0.25, 0.3) is 0 Å².